The van der Waals surface area contributed by atoms with Crippen molar-refractivity contribution < 1.29 is 19.1 Å². The van der Waals surface area contributed by atoms with Crippen LogP contribution in [0, 0.1) is 11.3 Å². The van der Waals surface area contributed by atoms with Crippen LogP contribution in [0.25, 0.3) is 0 Å². The smallest absolute Gasteiger partial charge is 0.327 e. The minimum atomic E-state index is -0.387. The van der Waals surface area contributed by atoms with Crippen LogP contribution in [0.3, 0.4) is 0 Å². The van der Waals surface area contributed by atoms with Gasteiger partial charge in [0.05, 0.1) is 18.2 Å². The zero-order valence-corrected chi connectivity index (χ0v) is 23.5. The minimum Gasteiger partial charge on any atom is -0.490 e. The maximum Gasteiger partial charge on any atom is 0.327 e. The number of allylic oxidation sites excluding steroid dienone is 5. The van der Waals surface area contributed by atoms with Gasteiger partial charge < -0.3 is 15.0 Å². The highest BCUT2D eigenvalue weighted by atomic mass is 16.5. The van der Waals surface area contributed by atoms with Crippen molar-refractivity contribution in [2.24, 2.45) is 0 Å². The highest BCUT2D eigenvalue weighted by Crippen LogP contribution is 2.28. The number of ether oxygens (including phenoxy) is 1. The van der Waals surface area contributed by atoms with Gasteiger partial charge in [-0.2, -0.15) is 5.26 Å². The number of amides is 3. The van der Waals surface area contributed by atoms with E-state index in [1.54, 1.807) is 24.0 Å². The van der Waals surface area contributed by atoms with Crippen LogP contribution in [0.2, 0.25) is 0 Å². The van der Waals surface area contributed by atoms with Gasteiger partial charge in [0.25, 0.3) is 0 Å². The fourth-order valence-electron chi connectivity index (χ4n) is 4.49. The van der Waals surface area contributed by atoms with Gasteiger partial charge in [-0.25, -0.2) is 9.78 Å². The summed E-state index contributed by atoms with van der Waals surface area (Å²) in [5, 5.41) is 12.5. The third kappa shape index (κ3) is 7.77. The molecule has 10 heteroatoms. The average Bonchev–Trinajstić information content (AvgIpc) is 2.89. The lowest BCUT2D eigenvalue weighted by molar-refractivity contribution is -0.136. The van der Waals surface area contributed by atoms with Gasteiger partial charge in [0, 0.05) is 43.5 Å². The Morgan fingerprint density at radius 3 is 2.72 bits per heavy atom. The minimum absolute atomic E-state index is 0.0150. The number of piperazine rings is 1. The van der Waals surface area contributed by atoms with E-state index >= 15 is 0 Å². The fourth-order valence-corrected chi connectivity index (χ4v) is 4.49. The largest absolute Gasteiger partial charge is 0.490 e. The molecule has 3 heterocycles. The predicted octanol–water partition coefficient (Wildman–Crippen LogP) is 3.70. The summed E-state index contributed by atoms with van der Waals surface area (Å²) in [5.41, 5.74) is 2.64. The molecule has 0 saturated carbocycles. The number of pyridine rings is 1. The first-order chi connectivity index (χ1) is 18.7. The van der Waals surface area contributed by atoms with Crippen molar-refractivity contribution in [1.82, 2.24) is 20.1 Å². The molecule has 0 aliphatic carbocycles. The molecule has 3 rings (SSSR count). The summed E-state index contributed by atoms with van der Waals surface area (Å²) < 4.78 is 5.86. The van der Waals surface area contributed by atoms with Crippen molar-refractivity contribution in [1.29, 1.82) is 5.26 Å². The topological polar surface area (TPSA) is 119 Å². The molecule has 0 atom stereocenters. The molecule has 1 saturated heterocycles. The summed E-state index contributed by atoms with van der Waals surface area (Å²) in [5.74, 6) is 0.833. The van der Waals surface area contributed by atoms with Crippen molar-refractivity contribution in [3.8, 4) is 6.07 Å². The molecule has 10 nitrogen and oxygen atoms in total. The van der Waals surface area contributed by atoms with Gasteiger partial charge in [0.15, 0.2) is 6.29 Å². The third-order valence-corrected chi connectivity index (χ3v) is 6.42. The molecule has 3 amide bonds. The lowest BCUT2D eigenvalue weighted by Gasteiger charge is -2.33. The zero-order chi connectivity index (χ0) is 28.5. The summed E-state index contributed by atoms with van der Waals surface area (Å²) >= 11 is 0. The third-order valence-electron chi connectivity index (χ3n) is 6.42. The molecule has 39 heavy (non-hydrogen) atoms. The number of carbonyl (C=O) groups is 3. The fraction of sp³-hybridized carbons (Fsp3) is 0.483. The van der Waals surface area contributed by atoms with Gasteiger partial charge in [0.2, 0.25) is 5.91 Å². The van der Waals surface area contributed by atoms with Gasteiger partial charge in [0.1, 0.15) is 23.3 Å². The molecule has 1 aromatic rings. The average molecular weight is 535 g/mol. The van der Waals surface area contributed by atoms with Crippen LogP contribution in [-0.4, -0.2) is 72.3 Å². The standard InChI is InChI=1S/C29H38N6O4/c1-6-7-9-23(16-30)26(39-20(2)3)14-21(4)31-29(38)35-11-8-10-22-15-24(25(19-36)32-28(22)35)17-34-13-12-33(5)18-27(34)37/h7,9,14-15,19-20H,6,8,10-13,17-18H2,1-5H3,(H,31,38)/b9-7+,21-14+,26-23-. The van der Waals surface area contributed by atoms with Crippen LogP contribution < -0.4 is 10.2 Å². The van der Waals surface area contributed by atoms with E-state index < -0.39 is 0 Å². The molecule has 0 unspecified atom stereocenters. The first-order valence-electron chi connectivity index (χ1n) is 13.3. The summed E-state index contributed by atoms with van der Waals surface area (Å²) in [4.78, 5) is 47.6. The van der Waals surface area contributed by atoms with E-state index in [-0.39, 0.29) is 23.7 Å². The van der Waals surface area contributed by atoms with Crippen molar-refractivity contribution >= 4 is 24.0 Å². The summed E-state index contributed by atoms with van der Waals surface area (Å²) in [6.45, 7) is 9.91. The number of nitrogens with zero attached hydrogens (tertiary/aromatic N) is 5. The van der Waals surface area contributed by atoms with Crippen LogP contribution in [0.1, 0.15) is 62.2 Å². The molecule has 0 spiro atoms. The Labute approximate surface area is 230 Å². The monoisotopic (exact) mass is 534 g/mol. The molecule has 0 radical (unpaired) electrons. The normalized spacial score (nSPS) is 17.2. The molecule has 2 aliphatic heterocycles. The van der Waals surface area contributed by atoms with Crippen LogP contribution in [0.15, 0.2) is 41.3 Å². The van der Waals surface area contributed by atoms with E-state index in [1.807, 2.05) is 44.9 Å². The molecule has 208 valence electrons. The number of aromatic nitrogens is 1. The number of rotatable bonds is 9. The second kappa shape index (κ2) is 13.7. The Hall–Kier alpha value is -3.97. The maximum absolute atomic E-state index is 13.3. The lowest BCUT2D eigenvalue weighted by atomic mass is 10.0. The van der Waals surface area contributed by atoms with E-state index in [4.69, 9.17) is 4.74 Å². The van der Waals surface area contributed by atoms with Gasteiger partial charge >= 0.3 is 6.03 Å². The van der Waals surface area contributed by atoms with E-state index in [2.05, 4.69) is 16.4 Å². The number of aldehydes is 1. The molecule has 0 aromatic carbocycles. The van der Waals surface area contributed by atoms with Crippen LogP contribution >= 0.6 is 0 Å². The second-order valence-electron chi connectivity index (χ2n) is 10.1. The number of hydrogen-bond acceptors (Lipinski definition) is 7. The number of nitrogens with one attached hydrogen (secondary N) is 1. The van der Waals surface area contributed by atoms with Gasteiger partial charge in [-0.15, -0.1) is 0 Å². The summed E-state index contributed by atoms with van der Waals surface area (Å²) in [7, 11) is 1.91. The number of urea groups is 1. The quantitative estimate of drug-likeness (QED) is 0.222. The Kier molecular flexibility index (Phi) is 10.4. The molecule has 1 aromatic heterocycles. The van der Waals surface area contributed by atoms with Gasteiger partial charge in [-0.1, -0.05) is 13.0 Å². The molecule has 2 aliphatic rings. The summed E-state index contributed by atoms with van der Waals surface area (Å²) in [6.07, 6.45) is 7.97. The highest BCUT2D eigenvalue weighted by Gasteiger charge is 2.28. The second-order valence-corrected chi connectivity index (χ2v) is 10.1. The number of fused-ring (bicyclic) bond motifs is 1. The Balaban J connectivity index is 1.84. The number of carbonyl (C=O) groups excluding carboxylic acids is 3. The van der Waals surface area contributed by atoms with Crippen LogP contribution in [0.4, 0.5) is 10.6 Å². The van der Waals surface area contributed by atoms with Gasteiger partial charge in [-0.05, 0) is 64.8 Å². The first kappa shape index (κ1) is 29.6. The Morgan fingerprint density at radius 2 is 2.08 bits per heavy atom. The molecular weight excluding hydrogens is 496 g/mol. The highest BCUT2D eigenvalue weighted by molar-refractivity contribution is 5.94. The number of anilines is 1. The lowest BCUT2D eigenvalue weighted by Crippen LogP contribution is -2.48. The number of aryl methyl sites for hydroxylation is 1. The van der Waals surface area contributed by atoms with E-state index in [0.717, 1.165) is 24.9 Å². The summed E-state index contributed by atoms with van der Waals surface area (Å²) in [6, 6.07) is 3.67. The molecule has 0 bridgehead atoms. The number of hydrogen-bond donors (Lipinski definition) is 1. The maximum atomic E-state index is 13.3. The van der Waals surface area contributed by atoms with Crippen molar-refractivity contribution in [3.05, 3.63) is 58.1 Å². The zero-order valence-electron chi connectivity index (χ0n) is 23.5. The SMILES string of the molecule is CC/C=C/C(C#N)=C(\C=C(/C)NC(=O)N1CCCc2cc(CN3CCN(C)CC3=O)c(C=O)nc21)OC(C)C. The van der Waals surface area contributed by atoms with Crippen molar-refractivity contribution in [2.75, 3.05) is 38.1 Å². The number of likely N-dealkylation sites (N-methyl/N-ethyl adjacent to an activating group) is 1. The molecular formula is C29H38N6O4. The van der Waals surface area contributed by atoms with Crippen molar-refractivity contribution in [2.45, 2.75) is 59.6 Å². The predicted molar refractivity (Wildman–Crippen MR) is 149 cm³/mol. The Morgan fingerprint density at radius 1 is 1.31 bits per heavy atom. The molecule has 1 N–H and O–H groups in total. The first-order valence-corrected chi connectivity index (χ1v) is 13.3. The van der Waals surface area contributed by atoms with Crippen LogP contribution in [-0.2, 0) is 22.5 Å². The van der Waals surface area contributed by atoms with Crippen molar-refractivity contribution in [3.63, 3.8) is 0 Å². The number of nitriles is 1. The molecule has 1 fully saturated rings. The van der Waals surface area contributed by atoms with Crippen LogP contribution in [0.5, 0.6) is 0 Å². The van der Waals surface area contributed by atoms with E-state index in [0.29, 0.717) is 67.3 Å². The van der Waals surface area contributed by atoms with Gasteiger partial charge in [-0.3, -0.25) is 19.4 Å². The van der Waals surface area contributed by atoms with E-state index in [9.17, 15) is 19.6 Å². The van der Waals surface area contributed by atoms with E-state index in [1.165, 1.54) is 4.90 Å². The Bertz CT molecular complexity index is 1230.